The number of nitrogens with one attached hydrogen (secondary N) is 1. The van der Waals surface area contributed by atoms with E-state index in [1.54, 1.807) is 6.92 Å². The van der Waals surface area contributed by atoms with Gasteiger partial charge in [-0.3, -0.25) is 9.59 Å². The van der Waals surface area contributed by atoms with Crippen molar-refractivity contribution in [3.8, 4) is 0 Å². The standard InChI is InChI=1S/C19H26FNO6/c1-13(18(23)24)12-27-11-5-3-2-4-6-16(19(25)26)21-17(22)14-7-9-15(20)10-8-14/h7-10,13,16H,2-6,11-12H2,1H3,(H,21,22)(H,23,24)(H,25,26). The molecule has 0 spiro atoms. The second-order valence-corrected chi connectivity index (χ2v) is 6.39. The van der Waals surface area contributed by atoms with Crippen molar-refractivity contribution in [3.05, 3.63) is 35.6 Å². The maximum Gasteiger partial charge on any atom is 0.326 e. The third kappa shape index (κ3) is 9.14. The van der Waals surface area contributed by atoms with Crippen molar-refractivity contribution < 1.29 is 33.7 Å². The van der Waals surface area contributed by atoms with Crippen LogP contribution < -0.4 is 5.32 Å². The topological polar surface area (TPSA) is 113 Å². The molecule has 2 atom stereocenters. The van der Waals surface area contributed by atoms with E-state index in [0.717, 1.165) is 31.4 Å². The van der Waals surface area contributed by atoms with Crippen molar-refractivity contribution in [3.63, 3.8) is 0 Å². The van der Waals surface area contributed by atoms with Crippen LogP contribution in [0.5, 0.6) is 0 Å². The first-order valence-electron chi connectivity index (χ1n) is 8.91. The van der Waals surface area contributed by atoms with Gasteiger partial charge in [-0.05, 0) is 44.0 Å². The summed E-state index contributed by atoms with van der Waals surface area (Å²) in [4.78, 5) is 34.0. The first-order chi connectivity index (χ1) is 12.8. The molecule has 2 unspecified atom stereocenters. The molecule has 0 bridgehead atoms. The second-order valence-electron chi connectivity index (χ2n) is 6.39. The molecule has 0 aliphatic heterocycles. The van der Waals surface area contributed by atoms with Crippen LogP contribution in [0, 0.1) is 11.7 Å². The number of benzene rings is 1. The molecule has 0 aliphatic carbocycles. The van der Waals surface area contributed by atoms with Crippen LogP contribution in [0.4, 0.5) is 4.39 Å². The number of carboxylic acid groups (broad SMARTS) is 2. The van der Waals surface area contributed by atoms with Crippen molar-refractivity contribution in [2.45, 2.75) is 45.1 Å². The number of carbonyl (C=O) groups is 3. The van der Waals surface area contributed by atoms with Gasteiger partial charge >= 0.3 is 11.9 Å². The molecule has 0 saturated heterocycles. The fourth-order valence-electron chi connectivity index (χ4n) is 2.34. The Hall–Kier alpha value is -2.48. The van der Waals surface area contributed by atoms with Gasteiger partial charge < -0.3 is 20.3 Å². The Balaban J connectivity index is 2.23. The first kappa shape index (κ1) is 22.6. The van der Waals surface area contributed by atoms with E-state index in [1.807, 2.05) is 0 Å². The Kier molecular flexibility index (Phi) is 10.0. The number of halogens is 1. The van der Waals surface area contributed by atoms with E-state index < -0.39 is 35.6 Å². The normalized spacial score (nSPS) is 13.0. The lowest BCUT2D eigenvalue weighted by Crippen LogP contribution is -2.40. The van der Waals surface area contributed by atoms with Crippen molar-refractivity contribution in [2.24, 2.45) is 5.92 Å². The molecule has 7 nitrogen and oxygen atoms in total. The summed E-state index contributed by atoms with van der Waals surface area (Å²) in [6.45, 7) is 2.21. The lowest BCUT2D eigenvalue weighted by atomic mass is 10.1. The van der Waals surface area contributed by atoms with Gasteiger partial charge in [0.05, 0.1) is 12.5 Å². The molecular formula is C19H26FNO6. The Labute approximate surface area is 157 Å². The third-order valence-electron chi connectivity index (χ3n) is 4.03. The molecule has 0 radical (unpaired) electrons. The van der Waals surface area contributed by atoms with Gasteiger partial charge in [0.1, 0.15) is 11.9 Å². The summed E-state index contributed by atoms with van der Waals surface area (Å²) >= 11 is 0. The third-order valence-corrected chi connectivity index (χ3v) is 4.03. The van der Waals surface area contributed by atoms with Crippen LogP contribution in [-0.2, 0) is 14.3 Å². The highest BCUT2D eigenvalue weighted by molar-refractivity contribution is 5.96. The number of rotatable bonds is 13. The molecule has 0 heterocycles. The van der Waals surface area contributed by atoms with Gasteiger partial charge in [0, 0.05) is 12.2 Å². The Morgan fingerprint density at radius 2 is 1.67 bits per heavy atom. The highest BCUT2D eigenvalue weighted by Gasteiger charge is 2.20. The number of unbranched alkanes of at least 4 members (excludes halogenated alkanes) is 3. The molecule has 1 aromatic rings. The zero-order valence-electron chi connectivity index (χ0n) is 15.3. The van der Waals surface area contributed by atoms with Crippen molar-refractivity contribution >= 4 is 17.8 Å². The van der Waals surface area contributed by atoms with Gasteiger partial charge in [-0.15, -0.1) is 0 Å². The minimum absolute atomic E-state index is 0.172. The molecule has 0 aromatic heterocycles. The second kappa shape index (κ2) is 12.0. The predicted octanol–water partition coefficient (Wildman–Crippen LogP) is 2.70. The molecule has 1 aromatic carbocycles. The highest BCUT2D eigenvalue weighted by atomic mass is 19.1. The summed E-state index contributed by atoms with van der Waals surface area (Å²) in [5.41, 5.74) is 0.204. The molecular weight excluding hydrogens is 357 g/mol. The maximum absolute atomic E-state index is 12.9. The van der Waals surface area contributed by atoms with Gasteiger partial charge in [-0.25, -0.2) is 9.18 Å². The number of hydrogen-bond acceptors (Lipinski definition) is 4. The number of aliphatic carboxylic acids is 2. The number of ether oxygens (including phenoxy) is 1. The average molecular weight is 383 g/mol. The zero-order valence-corrected chi connectivity index (χ0v) is 15.3. The fraction of sp³-hybridized carbons (Fsp3) is 0.526. The lowest BCUT2D eigenvalue weighted by Gasteiger charge is -2.14. The average Bonchev–Trinajstić information content (AvgIpc) is 2.62. The van der Waals surface area contributed by atoms with Crippen LogP contribution in [-0.4, -0.2) is 47.3 Å². The number of carbonyl (C=O) groups excluding carboxylic acids is 1. The van der Waals surface area contributed by atoms with E-state index in [9.17, 15) is 23.9 Å². The van der Waals surface area contributed by atoms with Crippen molar-refractivity contribution in [1.29, 1.82) is 0 Å². The maximum atomic E-state index is 12.9. The van der Waals surface area contributed by atoms with Gasteiger partial charge in [-0.1, -0.05) is 19.3 Å². The van der Waals surface area contributed by atoms with E-state index in [1.165, 1.54) is 12.1 Å². The van der Waals surface area contributed by atoms with Gasteiger partial charge in [0.2, 0.25) is 0 Å². The number of carboxylic acids is 2. The summed E-state index contributed by atoms with van der Waals surface area (Å²) in [7, 11) is 0. The quantitative estimate of drug-likeness (QED) is 0.452. The summed E-state index contributed by atoms with van der Waals surface area (Å²) in [6.07, 6.45) is 3.26. The van der Waals surface area contributed by atoms with Crippen LogP contribution in [0.1, 0.15) is 49.4 Å². The van der Waals surface area contributed by atoms with E-state index in [4.69, 9.17) is 9.84 Å². The smallest absolute Gasteiger partial charge is 0.326 e. The van der Waals surface area contributed by atoms with E-state index in [-0.39, 0.29) is 12.2 Å². The lowest BCUT2D eigenvalue weighted by molar-refractivity contribution is -0.143. The molecule has 0 saturated carbocycles. The molecule has 1 amide bonds. The zero-order chi connectivity index (χ0) is 20.2. The molecule has 0 fully saturated rings. The van der Waals surface area contributed by atoms with Crippen LogP contribution >= 0.6 is 0 Å². The van der Waals surface area contributed by atoms with Gasteiger partial charge in [0.15, 0.2) is 0 Å². The fourth-order valence-corrected chi connectivity index (χ4v) is 2.34. The predicted molar refractivity (Wildman–Crippen MR) is 96.0 cm³/mol. The van der Waals surface area contributed by atoms with Crippen LogP contribution in [0.15, 0.2) is 24.3 Å². The monoisotopic (exact) mass is 383 g/mol. The van der Waals surface area contributed by atoms with Crippen molar-refractivity contribution in [1.82, 2.24) is 5.32 Å². The Morgan fingerprint density at radius 1 is 1.04 bits per heavy atom. The molecule has 0 aliphatic rings. The number of amides is 1. The minimum atomic E-state index is -1.11. The SMILES string of the molecule is CC(COCCCCCCC(NC(=O)c1ccc(F)cc1)C(=O)O)C(=O)O. The van der Waals surface area contributed by atoms with E-state index in [0.29, 0.717) is 19.4 Å². The van der Waals surface area contributed by atoms with Gasteiger partial charge in [-0.2, -0.15) is 0 Å². The Morgan fingerprint density at radius 3 is 2.26 bits per heavy atom. The first-order valence-corrected chi connectivity index (χ1v) is 8.91. The summed E-state index contributed by atoms with van der Waals surface area (Å²) in [5, 5.41) is 20.4. The minimum Gasteiger partial charge on any atom is -0.481 e. The van der Waals surface area contributed by atoms with E-state index >= 15 is 0 Å². The molecule has 27 heavy (non-hydrogen) atoms. The number of hydrogen-bond donors (Lipinski definition) is 3. The van der Waals surface area contributed by atoms with Gasteiger partial charge in [0.25, 0.3) is 5.91 Å². The summed E-state index contributed by atoms with van der Waals surface area (Å²) < 4.78 is 18.1. The Bertz CT molecular complexity index is 619. The van der Waals surface area contributed by atoms with Crippen molar-refractivity contribution in [2.75, 3.05) is 13.2 Å². The molecule has 3 N–H and O–H groups in total. The van der Waals surface area contributed by atoms with Crippen LogP contribution in [0.2, 0.25) is 0 Å². The summed E-state index contributed by atoms with van der Waals surface area (Å²) in [5.74, 6) is -3.56. The largest absolute Gasteiger partial charge is 0.481 e. The molecule has 150 valence electrons. The molecule has 8 heteroatoms. The highest BCUT2D eigenvalue weighted by Crippen LogP contribution is 2.09. The van der Waals surface area contributed by atoms with E-state index in [2.05, 4.69) is 5.32 Å². The van der Waals surface area contributed by atoms with Crippen LogP contribution in [0.25, 0.3) is 0 Å². The summed E-state index contributed by atoms with van der Waals surface area (Å²) in [6, 6.07) is 3.88. The van der Waals surface area contributed by atoms with Crippen LogP contribution in [0.3, 0.4) is 0 Å². The molecule has 1 rings (SSSR count).